The monoisotopic (exact) mass is 277 g/mol. The molecule has 3 heteroatoms. The van der Waals surface area contributed by atoms with Gasteiger partial charge in [-0.2, -0.15) is 5.26 Å². The van der Waals surface area contributed by atoms with Crippen LogP contribution in [0.4, 0.5) is 0 Å². The zero-order valence-corrected chi connectivity index (χ0v) is 11.6. The van der Waals surface area contributed by atoms with Crippen LogP contribution < -0.4 is 4.74 Å². The lowest BCUT2D eigenvalue weighted by atomic mass is 10.0. The molecule has 0 aliphatic heterocycles. The van der Waals surface area contributed by atoms with Gasteiger partial charge in [0, 0.05) is 6.42 Å². The Labute approximate surface area is 124 Å². The molecule has 0 N–H and O–H groups in total. The molecule has 3 nitrogen and oxygen atoms in total. The predicted molar refractivity (Wildman–Crippen MR) is 81.7 cm³/mol. The molecule has 21 heavy (non-hydrogen) atoms. The van der Waals surface area contributed by atoms with Gasteiger partial charge in [0.05, 0.1) is 11.6 Å². The van der Waals surface area contributed by atoms with E-state index >= 15 is 0 Å². The first-order valence-corrected chi connectivity index (χ1v) is 6.65. The Balaban J connectivity index is 2.06. The highest BCUT2D eigenvalue weighted by molar-refractivity contribution is 5.73. The summed E-state index contributed by atoms with van der Waals surface area (Å²) in [6.45, 7) is 3.57. The van der Waals surface area contributed by atoms with Crippen molar-refractivity contribution in [1.82, 2.24) is 0 Å². The van der Waals surface area contributed by atoms with Gasteiger partial charge in [0.15, 0.2) is 0 Å². The molecule has 0 aliphatic rings. The molecule has 0 unspecified atom stereocenters. The molecule has 0 spiro atoms. The quantitative estimate of drug-likeness (QED) is 0.469. The number of carbonyl (C=O) groups is 1. The van der Waals surface area contributed by atoms with Gasteiger partial charge in [0.2, 0.25) is 0 Å². The number of nitrogens with zero attached hydrogens (tertiary/aromatic N) is 1. The minimum absolute atomic E-state index is 0.263. The summed E-state index contributed by atoms with van der Waals surface area (Å²) in [5.74, 6) is 0.266. The van der Waals surface area contributed by atoms with E-state index in [9.17, 15) is 4.79 Å². The maximum Gasteiger partial charge on any atom is 0.311 e. The van der Waals surface area contributed by atoms with E-state index in [0.717, 1.165) is 11.1 Å². The van der Waals surface area contributed by atoms with Crippen LogP contribution in [-0.2, 0) is 4.79 Å². The molecule has 104 valence electrons. The SMILES string of the molecule is C=CCCC(=O)Oc1ccc(-c2ccc(C#N)cc2)cc1. The lowest BCUT2D eigenvalue weighted by Crippen LogP contribution is -2.06. The van der Waals surface area contributed by atoms with Crippen molar-refractivity contribution in [2.75, 3.05) is 0 Å². The number of nitriles is 1. The number of ether oxygens (including phenoxy) is 1. The largest absolute Gasteiger partial charge is 0.427 e. The van der Waals surface area contributed by atoms with Crippen molar-refractivity contribution in [3.63, 3.8) is 0 Å². The standard InChI is InChI=1S/C18H15NO2/c1-2-3-4-18(20)21-17-11-9-16(10-12-17)15-7-5-14(13-19)6-8-15/h2,5-12H,1,3-4H2. The highest BCUT2D eigenvalue weighted by Gasteiger charge is 2.04. The van der Waals surface area contributed by atoms with Crippen LogP contribution in [0.5, 0.6) is 5.75 Å². The maximum absolute atomic E-state index is 11.5. The topological polar surface area (TPSA) is 50.1 Å². The molecule has 0 saturated carbocycles. The molecular weight excluding hydrogens is 262 g/mol. The first-order valence-electron chi connectivity index (χ1n) is 6.65. The normalized spacial score (nSPS) is 9.67. The molecule has 0 radical (unpaired) electrons. The third-order valence-corrected chi connectivity index (χ3v) is 2.99. The summed E-state index contributed by atoms with van der Waals surface area (Å²) in [6.07, 6.45) is 2.64. The number of benzene rings is 2. The number of rotatable bonds is 5. The van der Waals surface area contributed by atoms with Gasteiger partial charge in [-0.3, -0.25) is 4.79 Å². The predicted octanol–water partition coefficient (Wildman–Crippen LogP) is 4.10. The van der Waals surface area contributed by atoms with Gasteiger partial charge in [-0.05, 0) is 41.8 Å². The Kier molecular flexibility index (Phi) is 4.89. The molecule has 0 aromatic heterocycles. The van der Waals surface area contributed by atoms with E-state index in [1.165, 1.54) is 0 Å². The molecule has 2 rings (SSSR count). The number of esters is 1. The first kappa shape index (κ1) is 14.5. The number of carbonyl (C=O) groups excluding carboxylic acids is 1. The Morgan fingerprint density at radius 2 is 1.67 bits per heavy atom. The van der Waals surface area contributed by atoms with E-state index in [2.05, 4.69) is 12.6 Å². The van der Waals surface area contributed by atoms with Crippen LogP contribution in [0.3, 0.4) is 0 Å². The van der Waals surface area contributed by atoms with E-state index in [-0.39, 0.29) is 5.97 Å². The van der Waals surface area contributed by atoms with Crippen molar-refractivity contribution in [3.05, 3.63) is 66.7 Å². The average molecular weight is 277 g/mol. The molecule has 0 atom stereocenters. The van der Waals surface area contributed by atoms with Crippen LogP contribution in [0.25, 0.3) is 11.1 Å². The third kappa shape index (κ3) is 4.05. The Bertz CT molecular complexity index is 664. The van der Waals surface area contributed by atoms with Crippen molar-refractivity contribution >= 4 is 5.97 Å². The fourth-order valence-corrected chi connectivity index (χ4v) is 1.86. The third-order valence-electron chi connectivity index (χ3n) is 2.99. The molecule has 0 fully saturated rings. The minimum atomic E-state index is -0.263. The van der Waals surface area contributed by atoms with Crippen LogP contribution in [0.1, 0.15) is 18.4 Å². The van der Waals surface area contributed by atoms with Crippen LogP contribution in [0.15, 0.2) is 61.2 Å². The molecule has 0 bridgehead atoms. The summed E-state index contributed by atoms with van der Waals surface area (Å²) in [6, 6.07) is 16.7. The van der Waals surface area contributed by atoms with Gasteiger partial charge in [-0.15, -0.1) is 6.58 Å². The summed E-state index contributed by atoms with van der Waals surface area (Å²) < 4.78 is 5.21. The second-order valence-electron chi connectivity index (χ2n) is 4.51. The summed E-state index contributed by atoms with van der Waals surface area (Å²) in [5, 5.41) is 8.78. The summed E-state index contributed by atoms with van der Waals surface area (Å²) >= 11 is 0. The zero-order chi connectivity index (χ0) is 15.1. The first-order chi connectivity index (χ1) is 10.2. The van der Waals surface area contributed by atoms with Crippen molar-refractivity contribution in [2.45, 2.75) is 12.8 Å². The fourth-order valence-electron chi connectivity index (χ4n) is 1.86. The Morgan fingerprint density at radius 1 is 1.10 bits per heavy atom. The van der Waals surface area contributed by atoms with Gasteiger partial charge < -0.3 is 4.74 Å². The molecular formula is C18H15NO2. The molecule has 2 aromatic carbocycles. The summed E-state index contributed by atoms with van der Waals surface area (Å²) in [7, 11) is 0. The van der Waals surface area contributed by atoms with E-state index in [1.807, 2.05) is 24.3 Å². The van der Waals surface area contributed by atoms with Gasteiger partial charge >= 0.3 is 5.97 Å². The molecule has 0 aliphatic carbocycles. The van der Waals surface area contributed by atoms with Crippen molar-refractivity contribution in [3.8, 4) is 22.9 Å². The fraction of sp³-hybridized carbons (Fsp3) is 0.111. The Morgan fingerprint density at radius 3 is 2.19 bits per heavy atom. The van der Waals surface area contributed by atoms with Crippen LogP contribution in [0, 0.1) is 11.3 Å². The molecule has 0 saturated heterocycles. The second kappa shape index (κ2) is 7.06. The van der Waals surface area contributed by atoms with Crippen molar-refractivity contribution in [2.24, 2.45) is 0 Å². The Hall–Kier alpha value is -2.86. The maximum atomic E-state index is 11.5. The van der Waals surface area contributed by atoms with Crippen LogP contribution in [-0.4, -0.2) is 5.97 Å². The molecule has 0 amide bonds. The van der Waals surface area contributed by atoms with E-state index in [0.29, 0.717) is 24.2 Å². The van der Waals surface area contributed by atoms with E-state index in [4.69, 9.17) is 10.00 Å². The molecule has 2 aromatic rings. The zero-order valence-electron chi connectivity index (χ0n) is 11.6. The average Bonchev–Trinajstić information content (AvgIpc) is 2.54. The number of allylic oxidation sites excluding steroid dienone is 1. The molecule has 0 heterocycles. The van der Waals surface area contributed by atoms with Gasteiger partial charge in [0.1, 0.15) is 5.75 Å². The van der Waals surface area contributed by atoms with Gasteiger partial charge in [0.25, 0.3) is 0 Å². The van der Waals surface area contributed by atoms with Crippen LogP contribution >= 0.6 is 0 Å². The second-order valence-corrected chi connectivity index (χ2v) is 4.51. The van der Waals surface area contributed by atoms with E-state index < -0.39 is 0 Å². The highest BCUT2D eigenvalue weighted by Crippen LogP contribution is 2.23. The highest BCUT2D eigenvalue weighted by atomic mass is 16.5. The lowest BCUT2D eigenvalue weighted by molar-refractivity contribution is -0.134. The van der Waals surface area contributed by atoms with Crippen molar-refractivity contribution in [1.29, 1.82) is 5.26 Å². The van der Waals surface area contributed by atoms with Gasteiger partial charge in [-0.1, -0.05) is 30.3 Å². The minimum Gasteiger partial charge on any atom is -0.427 e. The lowest BCUT2D eigenvalue weighted by Gasteiger charge is -2.05. The van der Waals surface area contributed by atoms with Crippen molar-refractivity contribution < 1.29 is 9.53 Å². The van der Waals surface area contributed by atoms with Gasteiger partial charge in [-0.25, -0.2) is 0 Å². The number of hydrogen-bond donors (Lipinski definition) is 0. The van der Waals surface area contributed by atoms with E-state index in [1.54, 1.807) is 30.3 Å². The smallest absolute Gasteiger partial charge is 0.311 e. The summed E-state index contributed by atoms with van der Waals surface area (Å²) in [5.41, 5.74) is 2.65. The van der Waals surface area contributed by atoms with Crippen LogP contribution in [0.2, 0.25) is 0 Å². The summed E-state index contributed by atoms with van der Waals surface area (Å²) in [4.78, 5) is 11.5. The number of hydrogen-bond acceptors (Lipinski definition) is 3.